The van der Waals surface area contributed by atoms with Crippen LogP contribution in [0, 0.1) is 0 Å². The number of likely N-dealkylation sites (tertiary alicyclic amines) is 1. The van der Waals surface area contributed by atoms with Gasteiger partial charge in [0.05, 0.1) is 17.9 Å². The van der Waals surface area contributed by atoms with E-state index < -0.39 is 0 Å². The number of hydrogen-bond donors (Lipinski definition) is 1. The third-order valence-electron chi connectivity index (χ3n) is 5.01. The van der Waals surface area contributed by atoms with Gasteiger partial charge in [-0.2, -0.15) is 5.10 Å². The van der Waals surface area contributed by atoms with Crippen molar-refractivity contribution >= 4 is 5.91 Å². The van der Waals surface area contributed by atoms with Gasteiger partial charge in [-0.15, -0.1) is 0 Å². The van der Waals surface area contributed by atoms with E-state index in [1.54, 1.807) is 0 Å². The van der Waals surface area contributed by atoms with Crippen LogP contribution in [0.2, 0.25) is 0 Å². The molecule has 6 heteroatoms. The molecule has 1 saturated heterocycles. The van der Waals surface area contributed by atoms with Crippen LogP contribution in [0.4, 0.5) is 0 Å². The summed E-state index contributed by atoms with van der Waals surface area (Å²) >= 11 is 0. The third-order valence-corrected chi connectivity index (χ3v) is 5.01. The second-order valence-corrected chi connectivity index (χ2v) is 7.69. The molecule has 6 nitrogen and oxygen atoms in total. The van der Waals surface area contributed by atoms with Crippen molar-refractivity contribution < 1.29 is 4.79 Å². The fourth-order valence-electron chi connectivity index (χ4n) is 3.49. The Morgan fingerprint density at radius 1 is 1.15 bits per heavy atom. The van der Waals surface area contributed by atoms with Gasteiger partial charge in [0.25, 0.3) is 0 Å². The summed E-state index contributed by atoms with van der Waals surface area (Å²) in [4.78, 5) is 16.5. The van der Waals surface area contributed by atoms with E-state index >= 15 is 0 Å². The fraction of sp³-hybridized carbons (Fsp3) is 0.524. The molecular formula is C21H31N5O. The summed E-state index contributed by atoms with van der Waals surface area (Å²) in [5.74, 6) is 0.110. The Kier molecular flexibility index (Phi) is 6.63. The third kappa shape index (κ3) is 5.65. The van der Waals surface area contributed by atoms with Gasteiger partial charge in [0.2, 0.25) is 5.91 Å². The molecule has 2 aromatic rings. The standard InChI is InChI=1S/C21H31N5O/c1-24(2)15-19-13-20(23-25(19)3)18-9-7-17(8-10-18)14-22-21(27)16-26-11-5-4-6-12-26/h7-10,13H,4-6,11-12,14-16H2,1-3H3,(H,22,27). The maximum Gasteiger partial charge on any atom is 0.234 e. The molecule has 1 N–H and O–H groups in total. The molecule has 0 bridgehead atoms. The predicted molar refractivity (Wildman–Crippen MR) is 108 cm³/mol. The van der Waals surface area contributed by atoms with Crippen LogP contribution < -0.4 is 5.32 Å². The number of carbonyl (C=O) groups is 1. The SMILES string of the molecule is CN(C)Cc1cc(-c2ccc(CNC(=O)CN3CCCCC3)cc2)nn1C. The molecule has 146 valence electrons. The molecule has 0 aliphatic carbocycles. The van der Waals surface area contributed by atoms with E-state index in [0.717, 1.165) is 36.5 Å². The minimum atomic E-state index is 0.110. The van der Waals surface area contributed by atoms with E-state index in [9.17, 15) is 4.79 Å². The molecule has 1 amide bonds. The molecule has 1 fully saturated rings. The van der Waals surface area contributed by atoms with Crippen LogP contribution in [0.25, 0.3) is 11.3 Å². The summed E-state index contributed by atoms with van der Waals surface area (Å²) in [5.41, 5.74) is 4.37. The predicted octanol–water partition coefficient (Wildman–Crippen LogP) is 2.25. The maximum atomic E-state index is 12.1. The average Bonchev–Trinajstić information content (AvgIpc) is 3.01. The van der Waals surface area contributed by atoms with Crippen molar-refractivity contribution in [3.8, 4) is 11.3 Å². The summed E-state index contributed by atoms with van der Waals surface area (Å²) in [6, 6.07) is 10.4. The highest BCUT2D eigenvalue weighted by molar-refractivity contribution is 5.78. The van der Waals surface area contributed by atoms with Crippen molar-refractivity contribution in [3.63, 3.8) is 0 Å². The zero-order chi connectivity index (χ0) is 19.2. The van der Waals surface area contributed by atoms with Crippen molar-refractivity contribution in [3.05, 3.63) is 41.6 Å². The highest BCUT2D eigenvalue weighted by atomic mass is 16.2. The van der Waals surface area contributed by atoms with Crippen LogP contribution >= 0.6 is 0 Å². The number of piperidine rings is 1. The Hall–Kier alpha value is -2.18. The summed E-state index contributed by atoms with van der Waals surface area (Å²) < 4.78 is 1.93. The lowest BCUT2D eigenvalue weighted by molar-refractivity contribution is -0.122. The smallest absolute Gasteiger partial charge is 0.234 e. The molecule has 1 aliphatic rings. The van der Waals surface area contributed by atoms with E-state index in [4.69, 9.17) is 0 Å². The first-order chi connectivity index (χ1) is 13.0. The van der Waals surface area contributed by atoms with E-state index in [-0.39, 0.29) is 5.91 Å². The number of amides is 1. The zero-order valence-corrected chi connectivity index (χ0v) is 16.7. The number of nitrogens with zero attached hydrogens (tertiary/aromatic N) is 4. The van der Waals surface area contributed by atoms with Gasteiger partial charge in [0.15, 0.2) is 0 Å². The Bertz CT molecular complexity index is 744. The topological polar surface area (TPSA) is 53.4 Å². The van der Waals surface area contributed by atoms with Crippen LogP contribution in [-0.2, 0) is 24.9 Å². The highest BCUT2D eigenvalue weighted by Crippen LogP contribution is 2.20. The molecule has 1 aliphatic heterocycles. The quantitative estimate of drug-likeness (QED) is 0.813. The van der Waals surface area contributed by atoms with E-state index in [1.807, 2.05) is 11.7 Å². The van der Waals surface area contributed by atoms with E-state index in [1.165, 1.54) is 25.0 Å². The second-order valence-electron chi connectivity index (χ2n) is 7.69. The molecule has 1 aromatic heterocycles. The molecule has 27 heavy (non-hydrogen) atoms. The van der Waals surface area contributed by atoms with Crippen LogP contribution in [0.3, 0.4) is 0 Å². The van der Waals surface area contributed by atoms with Crippen molar-refractivity contribution in [1.82, 2.24) is 24.9 Å². The lowest BCUT2D eigenvalue weighted by Gasteiger charge is -2.25. The van der Waals surface area contributed by atoms with Gasteiger partial charge in [0.1, 0.15) is 0 Å². The van der Waals surface area contributed by atoms with Crippen molar-refractivity contribution in [2.75, 3.05) is 33.7 Å². The summed E-state index contributed by atoms with van der Waals surface area (Å²) in [6.45, 7) is 4.04. The summed E-state index contributed by atoms with van der Waals surface area (Å²) in [6.07, 6.45) is 3.70. The van der Waals surface area contributed by atoms with Crippen LogP contribution in [0.15, 0.2) is 30.3 Å². The minimum Gasteiger partial charge on any atom is -0.351 e. The van der Waals surface area contributed by atoms with Crippen molar-refractivity contribution in [2.24, 2.45) is 7.05 Å². The normalized spacial score (nSPS) is 15.3. The van der Waals surface area contributed by atoms with Gasteiger partial charge in [-0.05, 0) is 51.7 Å². The minimum absolute atomic E-state index is 0.110. The molecule has 2 heterocycles. The number of aromatic nitrogens is 2. The molecule has 0 spiro atoms. The summed E-state index contributed by atoms with van der Waals surface area (Å²) in [7, 11) is 6.09. The largest absolute Gasteiger partial charge is 0.351 e. The fourth-order valence-corrected chi connectivity index (χ4v) is 3.49. The van der Waals surface area contributed by atoms with Crippen LogP contribution in [-0.4, -0.2) is 59.2 Å². The molecule has 0 saturated carbocycles. The van der Waals surface area contributed by atoms with Crippen molar-refractivity contribution in [2.45, 2.75) is 32.4 Å². The Morgan fingerprint density at radius 3 is 2.52 bits per heavy atom. The lowest BCUT2D eigenvalue weighted by Crippen LogP contribution is -2.39. The molecule has 0 unspecified atom stereocenters. The first kappa shape index (κ1) is 19.6. The molecule has 3 rings (SSSR count). The number of benzene rings is 1. The zero-order valence-electron chi connectivity index (χ0n) is 16.7. The van der Waals surface area contributed by atoms with Crippen LogP contribution in [0.5, 0.6) is 0 Å². The number of nitrogens with one attached hydrogen (secondary N) is 1. The van der Waals surface area contributed by atoms with Gasteiger partial charge in [-0.3, -0.25) is 14.4 Å². The Morgan fingerprint density at radius 2 is 1.85 bits per heavy atom. The number of hydrogen-bond acceptors (Lipinski definition) is 4. The first-order valence-electron chi connectivity index (χ1n) is 9.77. The number of aryl methyl sites for hydroxylation is 1. The second kappa shape index (κ2) is 9.15. The number of carbonyl (C=O) groups excluding carboxylic acids is 1. The van der Waals surface area contributed by atoms with Gasteiger partial charge in [-0.25, -0.2) is 0 Å². The summed E-state index contributed by atoms with van der Waals surface area (Å²) in [5, 5.41) is 7.65. The van der Waals surface area contributed by atoms with E-state index in [2.05, 4.69) is 64.6 Å². The van der Waals surface area contributed by atoms with Crippen LogP contribution in [0.1, 0.15) is 30.5 Å². The van der Waals surface area contributed by atoms with E-state index in [0.29, 0.717) is 13.1 Å². The Balaban J connectivity index is 1.53. The lowest BCUT2D eigenvalue weighted by atomic mass is 10.1. The maximum absolute atomic E-state index is 12.1. The van der Waals surface area contributed by atoms with Gasteiger partial charge < -0.3 is 10.2 Å². The molecule has 0 radical (unpaired) electrons. The van der Waals surface area contributed by atoms with Gasteiger partial charge >= 0.3 is 0 Å². The highest BCUT2D eigenvalue weighted by Gasteiger charge is 2.13. The molecule has 0 atom stereocenters. The monoisotopic (exact) mass is 369 g/mol. The van der Waals surface area contributed by atoms with Gasteiger partial charge in [0, 0.05) is 25.7 Å². The van der Waals surface area contributed by atoms with Crippen molar-refractivity contribution in [1.29, 1.82) is 0 Å². The average molecular weight is 370 g/mol. The Labute approximate surface area is 162 Å². The molecular weight excluding hydrogens is 338 g/mol. The van der Waals surface area contributed by atoms with Gasteiger partial charge in [-0.1, -0.05) is 30.7 Å². The molecule has 1 aromatic carbocycles. The first-order valence-corrected chi connectivity index (χ1v) is 9.77. The number of rotatable bonds is 7.